The fourth-order valence-electron chi connectivity index (χ4n) is 1.96. The lowest BCUT2D eigenvalue weighted by Gasteiger charge is -2.25. The molecule has 0 amide bonds. The van der Waals surface area contributed by atoms with Gasteiger partial charge >= 0.3 is 5.97 Å². The van der Waals surface area contributed by atoms with E-state index in [1.807, 2.05) is 7.05 Å². The highest BCUT2D eigenvalue weighted by molar-refractivity contribution is 5.69. The van der Waals surface area contributed by atoms with Gasteiger partial charge in [-0.25, -0.2) is 4.98 Å². The Hall–Kier alpha value is -1.69. The van der Waals surface area contributed by atoms with Crippen molar-refractivity contribution in [1.29, 1.82) is 0 Å². The summed E-state index contributed by atoms with van der Waals surface area (Å²) in [7, 11) is 3.56. The van der Waals surface area contributed by atoms with Gasteiger partial charge in [-0.15, -0.1) is 0 Å². The van der Waals surface area contributed by atoms with E-state index in [1.54, 1.807) is 7.11 Å². The fraction of sp³-hybridized carbons (Fsp3) is 0.545. The van der Waals surface area contributed by atoms with Gasteiger partial charge in [0.2, 0.25) is 5.88 Å². The number of aromatic nitrogens is 2. The molecular weight excluding hydrogens is 222 g/mol. The highest BCUT2D eigenvalue weighted by Gasteiger charge is 2.21. The molecule has 2 heterocycles. The van der Waals surface area contributed by atoms with Gasteiger partial charge in [0.15, 0.2) is 0 Å². The second-order valence-corrected chi connectivity index (χ2v) is 4.13. The summed E-state index contributed by atoms with van der Waals surface area (Å²) < 4.78 is 5.21. The molecule has 0 fully saturated rings. The van der Waals surface area contributed by atoms with Gasteiger partial charge in [-0.05, 0) is 13.5 Å². The van der Waals surface area contributed by atoms with Crippen molar-refractivity contribution in [2.45, 2.75) is 19.4 Å². The van der Waals surface area contributed by atoms with E-state index < -0.39 is 5.97 Å². The average Bonchev–Trinajstić information content (AvgIpc) is 2.26. The van der Waals surface area contributed by atoms with Crippen LogP contribution in [0.1, 0.15) is 17.1 Å². The predicted octanol–water partition coefficient (Wildman–Crippen LogP) is 0.100. The first kappa shape index (κ1) is 11.8. The van der Waals surface area contributed by atoms with E-state index in [0.717, 1.165) is 24.2 Å². The van der Waals surface area contributed by atoms with E-state index in [0.29, 0.717) is 18.2 Å². The molecule has 1 aromatic heterocycles. The summed E-state index contributed by atoms with van der Waals surface area (Å²) in [6.07, 6.45) is 0.662. The maximum Gasteiger partial charge on any atom is 0.311 e. The van der Waals surface area contributed by atoms with E-state index in [4.69, 9.17) is 9.84 Å². The van der Waals surface area contributed by atoms with Gasteiger partial charge in [0, 0.05) is 18.7 Å². The largest absolute Gasteiger partial charge is 0.481 e. The lowest BCUT2D eigenvalue weighted by molar-refractivity contribution is -0.136. The molecule has 92 valence electrons. The molecule has 0 aromatic carbocycles. The monoisotopic (exact) mass is 237 g/mol. The Morgan fingerprint density at radius 2 is 2.29 bits per heavy atom. The Labute approximate surface area is 99.2 Å². The molecule has 0 spiro atoms. The van der Waals surface area contributed by atoms with Crippen LogP contribution in [-0.2, 0) is 24.2 Å². The van der Waals surface area contributed by atoms with Crippen LogP contribution in [0.3, 0.4) is 0 Å². The Bertz CT molecular complexity index is 448. The number of carbonyl (C=O) groups is 1. The number of methoxy groups -OCH3 is 1. The smallest absolute Gasteiger partial charge is 0.311 e. The normalized spacial score (nSPS) is 15.4. The van der Waals surface area contributed by atoms with Crippen molar-refractivity contribution in [3.8, 4) is 5.88 Å². The summed E-state index contributed by atoms with van der Waals surface area (Å²) in [5.74, 6) is -0.112. The van der Waals surface area contributed by atoms with Gasteiger partial charge in [0.25, 0.3) is 0 Å². The van der Waals surface area contributed by atoms with Crippen molar-refractivity contribution >= 4 is 5.97 Å². The van der Waals surface area contributed by atoms with Gasteiger partial charge in [-0.1, -0.05) is 0 Å². The zero-order chi connectivity index (χ0) is 12.4. The van der Waals surface area contributed by atoms with E-state index in [1.165, 1.54) is 0 Å². The van der Waals surface area contributed by atoms with E-state index in [-0.39, 0.29) is 6.42 Å². The summed E-state index contributed by atoms with van der Waals surface area (Å²) in [4.78, 5) is 21.2. The zero-order valence-electron chi connectivity index (χ0n) is 9.93. The van der Waals surface area contributed by atoms with Crippen molar-refractivity contribution in [3.63, 3.8) is 0 Å². The number of hydrogen-bond acceptors (Lipinski definition) is 5. The van der Waals surface area contributed by atoms with Crippen LogP contribution < -0.4 is 4.74 Å². The van der Waals surface area contributed by atoms with Crippen LogP contribution in [0, 0.1) is 0 Å². The lowest BCUT2D eigenvalue weighted by atomic mass is 10.1. The summed E-state index contributed by atoms with van der Waals surface area (Å²) in [6.45, 7) is 1.64. The van der Waals surface area contributed by atoms with E-state index >= 15 is 0 Å². The molecule has 0 radical (unpaired) electrons. The molecule has 0 saturated carbocycles. The van der Waals surface area contributed by atoms with Crippen LogP contribution in [0.25, 0.3) is 0 Å². The van der Waals surface area contributed by atoms with Gasteiger partial charge in [0.1, 0.15) is 12.2 Å². The van der Waals surface area contributed by atoms with Crippen molar-refractivity contribution in [2.24, 2.45) is 0 Å². The number of ether oxygens (including phenoxy) is 1. The molecule has 17 heavy (non-hydrogen) atoms. The molecule has 0 unspecified atom stereocenters. The number of nitrogens with zero attached hydrogens (tertiary/aromatic N) is 3. The molecule has 1 aromatic rings. The minimum Gasteiger partial charge on any atom is -0.481 e. The molecule has 0 aliphatic carbocycles. The number of fused-ring (bicyclic) bond motifs is 1. The van der Waals surface area contributed by atoms with Gasteiger partial charge < -0.3 is 14.7 Å². The predicted molar refractivity (Wildman–Crippen MR) is 60.0 cm³/mol. The number of likely N-dealkylation sites (N-methyl/N-ethyl adjacent to an activating group) is 1. The molecule has 2 rings (SSSR count). The first-order chi connectivity index (χ1) is 8.10. The Morgan fingerprint density at radius 1 is 1.53 bits per heavy atom. The van der Waals surface area contributed by atoms with Crippen LogP contribution in [0.2, 0.25) is 0 Å². The van der Waals surface area contributed by atoms with Gasteiger partial charge in [-0.3, -0.25) is 4.79 Å². The third-order valence-corrected chi connectivity index (χ3v) is 2.77. The van der Waals surface area contributed by atoms with Crippen LogP contribution in [0.15, 0.2) is 0 Å². The van der Waals surface area contributed by atoms with Crippen molar-refractivity contribution in [3.05, 3.63) is 17.1 Å². The molecule has 0 saturated heterocycles. The van der Waals surface area contributed by atoms with Gasteiger partial charge in [0.05, 0.1) is 12.8 Å². The second-order valence-electron chi connectivity index (χ2n) is 4.13. The van der Waals surface area contributed by atoms with Crippen LogP contribution >= 0.6 is 0 Å². The molecule has 1 N–H and O–H groups in total. The molecule has 6 nitrogen and oxygen atoms in total. The maximum absolute atomic E-state index is 10.7. The minimum atomic E-state index is -0.934. The topological polar surface area (TPSA) is 75.5 Å². The second kappa shape index (κ2) is 4.67. The quantitative estimate of drug-likeness (QED) is 0.803. The third-order valence-electron chi connectivity index (χ3n) is 2.77. The van der Waals surface area contributed by atoms with Crippen molar-refractivity contribution in [2.75, 3.05) is 20.7 Å². The van der Waals surface area contributed by atoms with E-state index in [2.05, 4.69) is 14.9 Å². The fourth-order valence-corrected chi connectivity index (χ4v) is 1.96. The zero-order valence-corrected chi connectivity index (χ0v) is 9.93. The number of aliphatic carboxylic acids is 1. The molecule has 1 aliphatic heterocycles. The molecule has 0 atom stereocenters. The SMILES string of the molecule is COc1nc(CC(=O)O)nc2c1CCN(C)C2. The van der Waals surface area contributed by atoms with Crippen molar-refractivity contribution in [1.82, 2.24) is 14.9 Å². The summed E-state index contributed by atoms with van der Waals surface area (Å²) in [5, 5.41) is 8.76. The third kappa shape index (κ3) is 2.52. The number of rotatable bonds is 3. The Morgan fingerprint density at radius 3 is 2.94 bits per heavy atom. The van der Waals surface area contributed by atoms with Crippen LogP contribution in [-0.4, -0.2) is 46.6 Å². The van der Waals surface area contributed by atoms with Crippen LogP contribution in [0.4, 0.5) is 0 Å². The van der Waals surface area contributed by atoms with Gasteiger partial charge in [-0.2, -0.15) is 4.98 Å². The standard InChI is InChI=1S/C11H15N3O3/c1-14-4-3-7-8(6-14)12-9(5-10(15)16)13-11(7)17-2/h3-6H2,1-2H3,(H,15,16). The Kier molecular flexibility index (Phi) is 3.23. The summed E-state index contributed by atoms with van der Waals surface area (Å²) >= 11 is 0. The van der Waals surface area contributed by atoms with Crippen molar-refractivity contribution < 1.29 is 14.6 Å². The number of carboxylic acid groups (broad SMARTS) is 1. The molecule has 0 bridgehead atoms. The number of carboxylic acids is 1. The first-order valence-electron chi connectivity index (χ1n) is 5.43. The van der Waals surface area contributed by atoms with E-state index in [9.17, 15) is 4.79 Å². The maximum atomic E-state index is 10.7. The molecular formula is C11H15N3O3. The Balaban J connectivity index is 2.39. The highest BCUT2D eigenvalue weighted by Crippen LogP contribution is 2.24. The van der Waals surface area contributed by atoms with Crippen LogP contribution in [0.5, 0.6) is 5.88 Å². The lowest BCUT2D eigenvalue weighted by Crippen LogP contribution is -2.28. The first-order valence-corrected chi connectivity index (χ1v) is 5.43. The minimum absolute atomic E-state index is 0.173. The average molecular weight is 237 g/mol. The number of hydrogen-bond donors (Lipinski definition) is 1. The highest BCUT2D eigenvalue weighted by atomic mass is 16.5. The summed E-state index contributed by atoms with van der Waals surface area (Å²) in [6, 6.07) is 0. The molecule has 1 aliphatic rings. The summed E-state index contributed by atoms with van der Waals surface area (Å²) in [5.41, 5.74) is 1.88. The molecule has 6 heteroatoms.